The van der Waals surface area contributed by atoms with Crippen molar-refractivity contribution < 1.29 is 0 Å². The number of rotatable bonds is 14. The monoisotopic (exact) mass is 251 g/mol. The highest BCUT2D eigenvalue weighted by molar-refractivity contribution is 4.93. The van der Waals surface area contributed by atoms with Crippen LogP contribution in [0.5, 0.6) is 0 Å². The highest BCUT2D eigenvalue weighted by Gasteiger charge is 1.96. The lowest BCUT2D eigenvalue weighted by Crippen LogP contribution is -1.86. The molecule has 0 saturated heterocycles. The van der Waals surface area contributed by atoms with E-state index in [1.54, 1.807) is 0 Å². The maximum Gasteiger partial charge on any atom is -0.0323 e. The molecule has 0 aliphatic carbocycles. The Bertz CT molecular complexity index is 169. The van der Waals surface area contributed by atoms with E-state index in [9.17, 15) is 0 Å². The molecule has 0 aliphatic rings. The second-order valence-corrected chi connectivity index (χ2v) is 5.64. The molecule has 0 aliphatic heterocycles. The zero-order valence-corrected chi connectivity index (χ0v) is 12.8. The quantitative estimate of drug-likeness (QED) is 0.234. The molecule has 18 heavy (non-hydrogen) atoms. The first-order chi connectivity index (χ1) is 8.81. The lowest BCUT2D eigenvalue weighted by molar-refractivity contribution is 0.580. The van der Waals surface area contributed by atoms with Gasteiger partial charge < -0.3 is 0 Å². The topological polar surface area (TPSA) is 0 Å². The van der Waals surface area contributed by atoms with Crippen molar-refractivity contribution in [3.05, 3.63) is 19.1 Å². The Morgan fingerprint density at radius 2 is 1.11 bits per heavy atom. The smallest absolute Gasteiger partial charge is 0.0323 e. The van der Waals surface area contributed by atoms with E-state index in [2.05, 4.69) is 20.4 Å². The van der Waals surface area contributed by atoms with Gasteiger partial charge in [-0.1, -0.05) is 90.2 Å². The first-order valence-electron chi connectivity index (χ1n) is 8.27. The van der Waals surface area contributed by atoms with Crippen LogP contribution < -0.4 is 0 Å². The summed E-state index contributed by atoms with van der Waals surface area (Å²) in [6, 6.07) is 0. The summed E-state index contributed by atoms with van der Waals surface area (Å²) in [4.78, 5) is 0. The first-order valence-corrected chi connectivity index (χ1v) is 8.27. The van der Waals surface area contributed by atoms with Crippen LogP contribution in [-0.4, -0.2) is 0 Å². The van der Waals surface area contributed by atoms with E-state index in [0.717, 1.165) is 6.42 Å². The fraction of sp³-hybridized carbons (Fsp3) is 0.833. The molecule has 0 aromatic carbocycles. The molecule has 0 amide bonds. The number of hydrogen-bond donors (Lipinski definition) is 0. The molecular weight excluding hydrogens is 216 g/mol. The van der Waals surface area contributed by atoms with Gasteiger partial charge in [0.2, 0.25) is 0 Å². The molecule has 107 valence electrons. The summed E-state index contributed by atoms with van der Waals surface area (Å²) in [6.07, 6.45) is 18.8. The van der Waals surface area contributed by atoms with Crippen LogP contribution >= 0.6 is 0 Å². The van der Waals surface area contributed by atoms with Crippen LogP contribution in [0.4, 0.5) is 0 Å². The third-order valence-corrected chi connectivity index (χ3v) is 3.66. The van der Waals surface area contributed by atoms with Crippen LogP contribution in [0.15, 0.2) is 12.2 Å². The normalized spacial score (nSPS) is 10.8. The maximum atomic E-state index is 4.21. The van der Waals surface area contributed by atoms with E-state index in [-0.39, 0.29) is 0 Å². The predicted molar refractivity (Wildman–Crippen MR) is 84.8 cm³/mol. The zero-order chi connectivity index (χ0) is 13.5. The van der Waals surface area contributed by atoms with Crippen LogP contribution in [-0.2, 0) is 0 Å². The van der Waals surface area contributed by atoms with Crippen molar-refractivity contribution in [3.63, 3.8) is 0 Å². The van der Waals surface area contributed by atoms with Crippen LogP contribution in [0.1, 0.15) is 96.8 Å². The third kappa shape index (κ3) is 13.8. The number of hydrogen-bond acceptors (Lipinski definition) is 0. The van der Waals surface area contributed by atoms with Crippen molar-refractivity contribution in [3.8, 4) is 0 Å². The van der Waals surface area contributed by atoms with Gasteiger partial charge in [-0.15, -0.1) is 0 Å². The Hall–Kier alpha value is -0.260. The molecular formula is C18H35. The minimum Gasteiger partial charge on any atom is -0.0999 e. The molecule has 0 N–H and O–H groups in total. The van der Waals surface area contributed by atoms with Gasteiger partial charge in [0.1, 0.15) is 0 Å². The SMILES string of the molecule is [CH2]CCCCCCC(=C)CCCCCCCCC. The van der Waals surface area contributed by atoms with Crippen molar-refractivity contribution in [2.45, 2.75) is 96.8 Å². The van der Waals surface area contributed by atoms with Gasteiger partial charge in [-0.2, -0.15) is 0 Å². The Kier molecular flexibility index (Phi) is 14.6. The second-order valence-electron chi connectivity index (χ2n) is 5.64. The molecule has 0 unspecified atom stereocenters. The standard InChI is InChI=1S/C18H35/c1-4-6-8-10-11-13-15-17-18(3)16-14-12-9-7-5-2/h2-17H2,1H3. The van der Waals surface area contributed by atoms with Crippen LogP contribution in [0.25, 0.3) is 0 Å². The van der Waals surface area contributed by atoms with Crippen LogP contribution in [0.3, 0.4) is 0 Å². The van der Waals surface area contributed by atoms with Gasteiger partial charge in [0.15, 0.2) is 0 Å². The minimum atomic E-state index is 1.10. The molecule has 0 aromatic heterocycles. The van der Waals surface area contributed by atoms with Crippen molar-refractivity contribution in [2.24, 2.45) is 0 Å². The average molecular weight is 251 g/mol. The Balaban J connectivity index is 3.12. The first kappa shape index (κ1) is 17.7. The summed E-state index contributed by atoms with van der Waals surface area (Å²) < 4.78 is 0. The molecule has 0 aromatic rings. The van der Waals surface area contributed by atoms with E-state index in [4.69, 9.17) is 0 Å². The van der Waals surface area contributed by atoms with Crippen molar-refractivity contribution in [2.75, 3.05) is 0 Å². The molecule has 0 heteroatoms. The fourth-order valence-corrected chi connectivity index (χ4v) is 2.36. The molecule has 0 bridgehead atoms. The largest absolute Gasteiger partial charge is 0.0999 e. The lowest BCUT2D eigenvalue weighted by atomic mass is 10.0. The molecule has 0 nitrogen and oxygen atoms in total. The predicted octanol–water partition coefficient (Wildman–Crippen LogP) is 6.86. The Morgan fingerprint density at radius 3 is 1.61 bits per heavy atom. The van der Waals surface area contributed by atoms with Gasteiger partial charge in [-0.05, 0) is 25.7 Å². The maximum absolute atomic E-state index is 4.21. The van der Waals surface area contributed by atoms with Crippen LogP contribution in [0, 0.1) is 6.92 Å². The number of unbranched alkanes of at least 4 members (excludes halogenated alkanes) is 10. The van der Waals surface area contributed by atoms with Gasteiger partial charge in [0.05, 0.1) is 0 Å². The van der Waals surface area contributed by atoms with Gasteiger partial charge in [-0.3, -0.25) is 0 Å². The molecule has 0 spiro atoms. The van der Waals surface area contributed by atoms with Gasteiger partial charge in [-0.25, -0.2) is 0 Å². The molecule has 0 saturated carbocycles. The van der Waals surface area contributed by atoms with E-state index in [1.807, 2.05) is 0 Å². The minimum absolute atomic E-state index is 1.10. The van der Waals surface area contributed by atoms with Crippen LogP contribution in [0.2, 0.25) is 0 Å². The van der Waals surface area contributed by atoms with Crippen molar-refractivity contribution in [1.29, 1.82) is 0 Å². The van der Waals surface area contributed by atoms with Gasteiger partial charge in [0.25, 0.3) is 0 Å². The molecule has 0 fully saturated rings. The summed E-state index contributed by atoms with van der Waals surface area (Å²) in [5.74, 6) is 0. The average Bonchev–Trinajstić information content (AvgIpc) is 2.37. The second kappa shape index (κ2) is 14.8. The van der Waals surface area contributed by atoms with Gasteiger partial charge in [0, 0.05) is 0 Å². The zero-order valence-electron chi connectivity index (χ0n) is 12.8. The van der Waals surface area contributed by atoms with Gasteiger partial charge >= 0.3 is 0 Å². The Labute approximate surface area is 116 Å². The highest BCUT2D eigenvalue weighted by Crippen LogP contribution is 2.16. The van der Waals surface area contributed by atoms with E-state index < -0.39 is 0 Å². The summed E-state index contributed by atoms with van der Waals surface area (Å²) in [7, 11) is 0. The summed E-state index contributed by atoms with van der Waals surface area (Å²) in [5, 5.41) is 0. The van der Waals surface area contributed by atoms with Crippen molar-refractivity contribution >= 4 is 0 Å². The highest BCUT2D eigenvalue weighted by atomic mass is 14.0. The summed E-state index contributed by atoms with van der Waals surface area (Å²) in [5.41, 5.74) is 1.48. The van der Waals surface area contributed by atoms with Crippen molar-refractivity contribution in [1.82, 2.24) is 0 Å². The Morgan fingerprint density at radius 1 is 0.667 bits per heavy atom. The molecule has 0 heterocycles. The lowest BCUT2D eigenvalue weighted by Gasteiger charge is -2.06. The van der Waals surface area contributed by atoms with E-state index in [1.165, 1.54) is 89.0 Å². The van der Waals surface area contributed by atoms with E-state index in [0.29, 0.717) is 0 Å². The summed E-state index contributed by atoms with van der Waals surface area (Å²) in [6.45, 7) is 10.4. The molecule has 1 radical (unpaired) electrons. The molecule has 0 atom stereocenters. The third-order valence-electron chi connectivity index (χ3n) is 3.66. The number of allylic oxidation sites excluding steroid dienone is 1. The van der Waals surface area contributed by atoms with E-state index >= 15 is 0 Å². The summed E-state index contributed by atoms with van der Waals surface area (Å²) >= 11 is 0. The fourth-order valence-electron chi connectivity index (χ4n) is 2.36. The molecule has 0 rings (SSSR count).